The molecule has 0 saturated carbocycles. The van der Waals surface area contributed by atoms with Crippen molar-refractivity contribution in [1.82, 2.24) is 9.97 Å². The third-order valence-corrected chi connectivity index (χ3v) is 6.69. The summed E-state index contributed by atoms with van der Waals surface area (Å²) < 4.78 is 6.38. The molecule has 5 aromatic rings. The first kappa shape index (κ1) is 20.4. The second kappa shape index (κ2) is 7.90. The number of rotatable bonds is 4. The monoisotopic (exact) mass is 420 g/mol. The van der Waals surface area contributed by atoms with E-state index in [0.29, 0.717) is 17.5 Å². The van der Waals surface area contributed by atoms with Gasteiger partial charge in [-0.1, -0.05) is 51.1 Å². The zero-order valence-electron chi connectivity index (χ0n) is 19.3. The average molecular weight is 421 g/mol. The van der Waals surface area contributed by atoms with Gasteiger partial charge < -0.3 is 4.42 Å². The fourth-order valence-corrected chi connectivity index (χ4v) is 4.50. The van der Waals surface area contributed by atoms with Crippen LogP contribution in [0.5, 0.6) is 0 Å². The molecule has 0 aliphatic rings. The predicted octanol–water partition coefficient (Wildman–Crippen LogP) is 8.09. The van der Waals surface area contributed by atoms with Gasteiger partial charge in [0.15, 0.2) is 0 Å². The molecule has 0 bridgehead atoms. The van der Waals surface area contributed by atoms with Crippen LogP contribution in [0.15, 0.2) is 71.3 Å². The zero-order chi connectivity index (χ0) is 22.4. The Kier molecular flexibility index (Phi) is 5.05. The first-order valence-corrected chi connectivity index (χ1v) is 11.3. The number of hydrogen-bond acceptors (Lipinski definition) is 3. The lowest BCUT2D eigenvalue weighted by atomic mass is 9.90. The van der Waals surface area contributed by atoms with E-state index in [0.717, 1.165) is 33.3 Å². The van der Waals surface area contributed by atoms with Crippen molar-refractivity contribution in [2.45, 2.75) is 40.5 Å². The van der Waals surface area contributed by atoms with Gasteiger partial charge in [-0.3, -0.25) is 4.98 Å². The molecule has 32 heavy (non-hydrogen) atoms. The number of furan rings is 1. The van der Waals surface area contributed by atoms with Crippen LogP contribution in [0.1, 0.15) is 43.4 Å². The van der Waals surface area contributed by atoms with Crippen LogP contribution >= 0.6 is 0 Å². The highest BCUT2D eigenvalue weighted by molar-refractivity contribution is 6.08. The molecule has 0 aliphatic heterocycles. The molecule has 3 heterocycles. The van der Waals surface area contributed by atoms with Gasteiger partial charge in [0.05, 0.1) is 11.4 Å². The first-order chi connectivity index (χ1) is 15.4. The van der Waals surface area contributed by atoms with Crippen LogP contribution in [-0.2, 0) is 0 Å². The van der Waals surface area contributed by atoms with Gasteiger partial charge in [-0.2, -0.15) is 0 Å². The molecule has 0 aliphatic carbocycles. The summed E-state index contributed by atoms with van der Waals surface area (Å²) in [6.07, 6.45) is 1.91. The molecule has 0 fully saturated rings. The third-order valence-electron chi connectivity index (χ3n) is 6.69. The lowest BCUT2D eigenvalue weighted by molar-refractivity contribution is 0.535. The summed E-state index contributed by atoms with van der Waals surface area (Å²) in [6, 6.07) is 21.1. The minimum Gasteiger partial charge on any atom is -0.437 e. The largest absolute Gasteiger partial charge is 0.437 e. The minimum absolute atomic E-state index is 0.466. The summed E-state index contributed by atoms with van der Waals surface area (Å²) in [4.78, 5) is 9.60. The van der Waals surface area contributed by atoms with E-state index < -0.39 is 0 Å². The second-order valence-electron chi connectivity index (χ2n) is 9.11. The highest BCUT2D eigenvalue weighted by Crippen LogP contribution is 2.37. The van der Waals surface area contributed by atoms with Gasteiger partial charge in [0, 0.05) is 28.1 Å². The van der Waals surface area contributed by atoms with Crippen molar-refractivity contribution in [3.8, 4) is 22.5 Å². The summed E-state index contributed by atoms with van der Waals surface area (Å²) in [5, 5.41) is 2.10. The number of hydrogen-bond donors (Lipinski definition) is 0. The summed E-state index contributed by atoms with van der Waals surface area (Å²) in [5.41, 5.74) is 9.31. The molecular formula is C29H28N2O. The van der Waals surface area contributed by atoms with Crippen molar-refractivity contribution in [2.24, 2.45) is 5.92 Å². The molecule has 0 N–H and O–H groups in total. The lowest BCUT2D eigenvalue weighted by Gasteiger charge is -2.16. The molecular weight excluding hydrogens is 392 g/mol. The Balaban J connectivity index is 1.68. The molecule has 1 unspecified atom stereocenters. The van der Waals surface area contributed by atoms with Crippen molar-refractivity contribution in [3.63, 3.8) is 0 Å². The maximum atomic E-state index is 6.38. The summed E-state index contributed by atoms with van der Waals surface area (Å²) in [5.74, 6) is 1.04. The Morgan fingerprint density at radius 2 is 1.53 bits per heavy atom. The van der Waals surface area contributed by atoms with Crippen molar-refractivity contribution >= 4 is 22.1 Å². The number of nitrogens with zero attached hydrogens (tertiary/aromatic N) is 2. The molecule has 160 valence electrons. The van der Waals surface area contributed by atoms with Crippen molar-refractivity contribution in [3.05, 3.63) is 83.6 Å². The highest BCUT2D eigenvalue weighted by atomic mass is 16.3. The smallest absolute Gasteiger partial charge is 0.227 e. The SMILES string of the molecule is Cc1cccc(C)c1-c1ccc2c(n1)oc1c(-c3cc(C(C)C(C)C)ccn3)cccc12. The van der Waals surface area contributed by atoms with Gasteiger partial charge >= 0.3 is 0 Å². The van der Waals surface area contributed by atoms with Crippen molar-refractivity contribution in [1.29, 1.82) is 0 Å². The molecule has 0 spiro atoms. The molecule has 5 rings (SSSR count). The number of benzene rings is 2. The van der Waals surface area contributed by atoms with Gasteiger partial charge in [0.25, 0.3) is 0 Å². The van der Waals surface area contributed by atoms with Gasteiger partial charge in [0.2, 0.25) is 5.71 Å². The normalized spacial score (nSPS) is 12.7. The van der Waals surface area contributed by atoms with Gasteiger partial charge in [-0.05, 0) is 72.7 Å². The van der Waals surface area contributed by atoms with E-state index in [1.54, 1.807) is 0 Å². The van der Waals surface area contributed by atoms with E-state index in [9.17, 15) is 0 Å². The van der Waals surface area contributed by atoms with Crippen LogP contribution in [0.2, 0.25) is 0 Å². The van der Waals surface area contributed by atoms with E-state index >= 15 is 0 Å². The average Bonchev–Trinajstić information content (AvgIpc) is 3.16. The maximum Gasteiger partial charge on any atom is 0.227 e. The number of pyridine rings is 2. The molecule has 1 atom stereocenters. The van der Waals surface area contributed by atoms with Crippen LogP contribution in [0.3, 0.4) is 0 Å². The van der Waals surface area contributed by atoms with Crippen molar-refractivity contribution in [2.75, 3.05) is 0 Å². The third kappa shape index (κ3) is 3.38. The summed E-state index contributed by atoms with van der Waals surface area (Å²) >= 11 is 0. The Hall–Kier alpha value is -3.46. The van der Waals surface area contributed by atoms with Crippen LogP contribution in [0.4, 0.5) is 0 Å². The topological polar surface area (TPSA) is 38.9 Å². The van der Waals surface area contributed by atoms with E-state index in [1.807, 2.05) is 6.20 Å². The summed E-state index contributed by atoms with van der Waals surface area (Å²) in [7, 11) is 0. The van der Waals surface area contributed by atoms with Gasteiger partial charge in [0.1, 0.15) is 5.58 Å². The Morgan fingerprint density at radius 3 is 2.28 bits per heavy atom. The van der Waals surface area contributed by atoms with E-state index in [1.165, 1.54) is 22.3 Å². The molecule has 0 amide bonds. The molecule has 0 saturated heterocycles. The number of aromatic nitrogens is 2. The van der Waals surface area contributed by atoms with Crippen LogP contribution in [-0.4, -0.2) is 9.97 Å². The van der Waals surface area contributed by atoms with Crippen molar-refractivity contribution < 1.29 is 4.42 Å². The number of aryl methyl sites for hydroxylation is 2. The zero-order valence-corrected chi connectivity index (χ0v) is 19.3. The van der Waals surface area contributed by atoms with E-state index in [2.05, 4.69) is 100 Å². The van der Waals surface area contributed by atoms with Gasteiger partial charge in [-0.25, -0.2) is 4.98 Å². The Morgan fingerprint density at radius 1 is 0.781 bits per heavy atom. The van der Waals surface area contributed by atoms with E-state index in [4.69, 9.17) is 9.40 Å². The standard InChI is InChI=1S/C29H28N2O/c1-17(2)20(5)21-14-15-30-26(16-21)24-11-7-10-22-23-12-13-25(31-29(23)32-28(22)24)27-18(3)8-6-9-19(27)4/h6-17,20H,1-5H3. The quantitative estimate of drug-likeness (QED) is 0.295. The molecule has 3 aromatic heterocycles. The van der Waals surface area contributed by atoms with Crippen LogP contribution in [0, 0.1) is 19.8 Å². The Bertz CT molecular complexity index is 1420. The van der Waals surface area contributed by atoms with Crippen LogP contribution < -0.4 is 0 Å². The van der Waals surface area contributed by atoms with Crippen LogP contribution in [0.25, 0.3) is 44.6 Å². The van der Waals surface area contributed by atoms with Gasteiger partial charge in [-0.15, -0.1) is 0 Å². The molecule has 3 nitrogen and oxygen atoms in total. The molecule has 2 aromatic carbocycles. The highest BCUT2D eigenvalue weighted by Gasteiger charge is 2.17. The fraction of sp³-hybridized carbons (Fsp3) is 0.241. The second-order valence-corrected chi connectivity index (χ2v) is 9.11. The number of para-hydroxylation sites is 1. The maximum absolute atomic E-state index is 6.38. The fourth-order valence-electron chi connectivity index (χ4n) is 4.50. The minimum atomic E-state index is 0.466. The van der Waals surface area contributed by atoms with E-state index in [-0.39, 0.29) is 0 Å². The molecule has 0 radical (unpaired) electrons. The Labute approximate surface area is 189 Å². The number of fused-ring (bicyclic) bond motifs is 3. The summed E-state index contributed by atoms with van der Waals surface area (Å²) in [6.45, 7) is 11.0. The predicted molar refractivity (Wildman–Crippen MR) is 133 cm³/mol. The lowest BCUT2D eigenvalue weighted by Crippen LogP contribution is -2.02. The molecule has 3 heteroatoms. The first-order valence-electron chi connectivity index (χ1n) is 11.3.